The number of carbonyl (C=O) groups excluding carboxylic acids is 2. The van der Waals surface area contributed by atoms with Crippen molar-refractivity contribution >= 4 is 67.4 Å². The molecule has 0 bridgehead atoms. The molecule has 3 N–H and O–H groups in total. The average molecular weight is 523 g/mol. The molecule has 0 aliphatic rings. The van der Waals surface area contributed by atoms with Gasteiger partial charge < -0.3 is 9.47 Å². The summed E-state index contributed by atoms with van der Waals surface area (Å²) in [5.74, 6) is -0.0862. The van der Waals surface area contributed by atoms with E-state index in [1.807, 2.05) is 30.3 Å². The molecule has 0 heterocycles. The fraction of sp³-hybridized carbons (Fsp3) is 0.0952. The van der Waals surface area contributed by atoms with E-state index in [1.54, 1.807) is 30.3 Å². The molecule has 0 unspecified atom stereocenters. The van der Waals surface area contributed by atoms with Gasteiger partial charge in [-0.25, -0.2) is 0 Å². The lowest BCUT2D eigenvalue weighted by Crippen LogP contribution is -2.50. The van der Waals surface area contributed by atoms with E-state index in [0.29, 0.717) is 16.5 Å². The van der Waals surface area contributed by atoms with Crippen molar-refractivity contribution in [3.63, 3.8) is 0 Å². The fourth-order valence-electron chi connectivity index (χ4n) is 2.53. The molecular weight excluding hydrogens is 506 g/mol. The Morgan fingerprint density at radius 3 is 2.35 bits per heavy atom. The fourth-order valence-corrected chi connectivity index (χ4v) is 3.49. The summed E-state index contributed by atoms with van der Waals surface area (Å²) in [6.07, 6.45) is 0. The Bertz CT molecular complexity index is 1130. The third-order valence-corrected chi connectivity index (χ3v) is 5.28. The Kier molecular flexibility index (Phi) is 8.05. The Labute approximate surface area is 197 Å². The van der Waals surface area contributed by atoms with Crippen molar-refractivity contribution in [3.05, 3.63) is 70.2 Å². The van der Waals surface area contributed by atoms with Gasteiger partial charge in [0, 0.05) is 0 Å². The molecule has 0 spiro atoms. The van der Waals surface area contributed by atoms with E-state index in [4.69, 9.17) is 33.3 Å². The number of benzene rings is 3. The summed E-state index contributed by atoms with van der Waals surface area (Å²) < 4.78 is 11.6. The highest BCUT2D eigenvalue weighted by Crippen LogP contribution is 2.32. The van der Waals surface area contributed by atoms with Crippen LogP contribution in [0, 0.1) is 0 Å². The molecule has 0 aliphatic carbocycles. The van der Waals surface area contributed by atoms with E-state index < -0.39 is 11.8 Å². The van der Waals surface area contributed by atoms with Crippen molar-refractivity contribution in [1.82, 2.24) is 16.2 Å². The Morgan fingerprint density at radius 2 is 1.55 bits per heavy atom. The van der Waals surface area contributed by atoms with Gasteiger partial charge >= 0.3 is 0 Å². The molecule has 0 aromatic heterocycles. The maximum Gasteiger partial charge on any atom is 0.276 e. The van der Waals surface area contributed by atoms with Crippen molar-refractivity contribution in [2.24, 2.45) is 0 Å². The second-order valence-electron chi connectivity index (χ2n) is 6.16. The zero-order valence-corrected chi connectivity index (χ0v) is 19.1. The predicted octanol–water partition coefficient (Wildman–Crippen LogP) is 3.74. The number of para-hydroxylation sites is 1. The third-order valence-electron chi connectivity index (χ3n) is 3.95. The largest absolute Gasteiger partial charge is 0.483 e. The van der Waals surface area contributed by atoms with Crippen LogP contribution in [0.4, 0.5) is 0 Å². The summed E-state index contributed by atoms with van der Waals surface area (Å²) in [5, 5.41) is 4.73. The summed E-state index contributed by atoms with van der Waals surface area (Å²) in [6, 6.07) is 18.2. The minimum atomic E-state index is -0.507. The van der Waals surface area contributed by atoms with Crippen molar-refractivity contribution in [1.29, 1.82) is 0 Å². The molecule has 3 aromatic carbocycles. The normalized spacial score (nSPS) is 10.3. The average Bonchev–Trinajstić information content (AvgIpc) is 2.77. The molecule has 31 heavy (non-hydrogen) atoms. The molecule has 2 amide bonds. The van der Waals surface area contributed by atoms with Gasteiger partial charge in [0.15, 0.2) is 18.3 Å². The van der Waals surface area contributed by atoms with Crippen LogP contribution in [0.15, 0.2) is 65.1 Å². The highest BCUT2D eigenvalue weighted by molar-refractivity contribution is 9.10. The summed E-state index contributed by atoms with van der Waals surface area (Å²) in [7, 11) is 0. The van der Waals surface area contributed by atoms with Gasteiger partial charge in [-0.1, -0.05) is 54.1 Å². The molecule has 0 aliphatic heterocycles. The predicted molar refractivity (Wildman–Crippen MR) is 126 cm³/mol. The van der Waals surface area contributed by atoms with Crippen LogP contribution >= 0.6 is 39.7 Å². The first-order valence-electron chi connectivity index (χ1n) is 9.00. The molecule has 0 saturated heterocycles. The molecule has 0 saturated carbocycles. The summed E-state index contributed by atoms with van der Waals surface area (Å²) in [4.78, 5) is 23.9. The minimum Gasteiger partial charge on any atom is -0.483 e. The topological polar surface area (TPSA) is 88.7 Å². The number of carbonyl (C=O) groups is 2. The second kappa shape index (κ2) is 10.9. The van der Waals surface area contributed by atoms with E-state index >= 15 is 0 Å². The van der Waals surface area contributed by atoms with Gasteiger partial charge in [-0.05, 0) is 57.1 Å². The zero-order chi connectivity index (χ0) is 22.2. The molecular formula is C21H17BrClN3O4S. The third kappa shape index (κ3) is 6.55. The van der Waals surface area contributed by atoms with E-state index in [2.05, 4.69) is 32.1 Å². The number of hydrazine groups is 1. The number of hydrogen-bond donors (Lipinski definition) is 3. The lowest BCUT2D eigenvalue weighted by atomic mass is 10.1. The van der Waals surface area contributed by atoms with Crippen LogP contribution in [-0.2, 0) is 9.59 Å². The van der Waals surface area contributed by atoms with Gasteiger partial charge in [-0.3, -0.25) is 25.8 Å². The number of thiocarbonyl (C=S) groups is 1. The Balaban J connectivity index is 1.40. The van der Waals surface area contributed by atoms with Gasteiger partial charge in [0.05, 0.1) is 9.50 Å². The van der Waals surface area contributed by atoms with Crippen molar-refractivity contribution in [2.75, 3.05) is 13.2 Å². The van der Waals surface area contributed by atoms with Crippen molar-refractivity contribution in [3.8, 4) is 11.5 Å². The van der Waals surface area contributed by atoms with Gasteiger partial charge in [0.2, 0.25) is 0 Å². The smallest absolute Gasteiger partial charge is 0.276 e. The maximum absolute atomic E-state index is 12.1. The zero-order valence-electron chi connectivity index (χ0n) is 16.0. The lowest BCUT2D eigenvalue weighted by molar-refractivity contribution is -0.124. The summed E-state index contributed by atoms with van der Waals surface area (Å²) in [5.41, 5.74) is 4.74. The maximum atomic E-state index is 12.1. The molecule has 160 valence electrons. The molecule has 3 rings (SSSR count). The first-order valence-corrected chi connectivity index (χ1v) is 10.6. The quantitative estimate of drug-likeness (QED) is 0.338. The Morgan fingerprint density at radius 1 is 0.871 bits per heavy atom. The first-order chi connectivity index (χ1) is 14.9. The van der Waals surface area contributed by atoms with Crippen LogP contribution < -0.4 is 25.6 Å². The summed E-state index contributed by atoms with van der Waals surface area (Å²) >= 11 is 14.4. The molecule has 10 heteroatoms. The van der Waals surface area contributed by atoms with E-state index in [-0.39, 0.29) is 18.3 Å². The summed E-state index contributed by atoms with van der Waals surface area (Å²) in [6.45, 7) is -0.547. The molecule has 0 atom stereocenters. The standard InChI is InChI=1S/C21H17BrClN3O4S/c22-20-14-6-2-1-5-13(14)9-10-17(20)30-11-18(27)24-21(31)26-25-19(28)12-29-16-8-4-3-7-15(16)23/h1-10H,11-12H2,(H,25,28)(H2,24,26,27,31). The number of fused-ring (bicyclic) bond motifs is 1. The SMILES string of the molecule is O=C(COc1ccccc1Cl)NNC(=S)NC(=O)COc1ccc2ccccc2c1Br. The minimum absolute atomic E-state index is 0.0859. The van der Waals surface area contributed by atoms with Crippen LogP contribution in [0.2, 0.25) is 5.02 Å². The second-order valence-corrected chi connectivity index (χ2v) is 7.77. The molecule has 7 nitrogen and oxygen atoms in total. The van der Waals surface area contributed by atoms with Gasteiger partial charge in [0.25, 0.3) is 11.8 Å². The van der Waals surface area contributed by atoms with Crippen LogP contribution in [0.1, 0.15) is 0 Å². The van der Waals surface area contributed by atoms with E-state index in [1.165, 1.54) is 0 Å². The van der Waals surface area contributed by atoms with E-state index in [9.17, 15) is 9.59 Å². The van der Waals surface area contributed by atoms with Gasteiger partial charge in [-0.2, -0.15) is 0 Å². The monoisotopic (exact) mass is 521 g/mol. The van der Waals surface area contributed by atoms with Gasteiger partial charge in [0.1, 0.15) is 11.5 Å². The number of nitrogens with one attached hydrogen (secondary N) is 3. The van der Waals surface area contributed by atoms with Crippen LogP contribution in [0.25, 0.3) is 10.8 Å². The highest BCUT2D eigenvalue weighted by atomic mass is 79.9. The van der Waals surface area contributed by atoms with Crippen LogP contribution in [0.3, 0.4) is 0 Å². The van der Waals surface area contributed by atoms with Crippen LogP contribution in [0.5, 0.6) is 11.5 Å². The van der Waals surface area contributed by atoms with E-state index in [0.717, 1.165) is 15.2 Å². The Hall–Kier alpha value is -2.88. The number of halogens is 2. The lowest BCUT2D eigenvalue weighted by Gasteiger charge is -2.13. The first kappa shape index (κ1) is 22.8. The molecule has 3 aromatic rings. The molecule has 0 fully saturated rings. The van der Waals surface area contributed by atoms with Crippen molar-refractivity contribution < 1.29 is 19.1 Å². The highest BCUT2D eigenvalue weighted by Gasteiger charge is 2.11. The van der Waals surface area contributed by atoms with Gasteiger partial charge in [-0.15, -0.1) is 0 Å². The van der Waals surface area contributed by atoms with Crippen LogP contribution in [-0.4, -0.2) is 30.1 Å². The number of rotatable bonds is 6. The number of ether oxygens (including phenoxy) is 2. The van der Waals surface area contributed by atoms with Crippen molar-refractivity contribution in [2.45, 2.75) is 0 Å². The number of amides is 2. The molecule has 0 radical (unpaired) electrons. The number of hydrogen-bond acceptors (Lipinski definition) is 5.